The van der Waals surface area contributed by atoms with Crippen LogP contribution in [0.1, 0.15) is 58.9 Å². The van der Waals surface area contributed by atoms with Crippen molar-refractivity contribution < 1.29 is 57.1 Å². The topological polar surface area (TPSA) is 149 Å². The Hall–Kier alpha value is -7.20. The summed E-state index contributed by atoms with van der Waals surface area (Å²) in [7, 11) is 0. The van der Waals surface area contributed by atoms with Crippen LogP contribution < -0.4 is 14.7 Å². The molecule has 354 valence electrons. The number of phenols is 3. The third-order valence-electron chi connectivity index (χ3n) is 11.7. The van der Waals surface area contributed by atoms with Gasteiger partial charge in [-0.05, 0) is 61.0 Å². The minimum absolute atomic E-state index is 0.0212. The third-order valence-corrected chi connectivity index (χ3v) is 11.7. The summed E-state index contributed by atoms with van der Waals surface area (Å²) in [6, 6.07) is 35.5. The molecule has 68 heavy (non-hydrogen) atoms. The average Bonchev–Trinajstić information content (AvgIpc) is 3.37. The van der Waals surface area contributed by atoms with Gasteiger partial charge in [0.1, 0.15) is 17.2 Å². The van der Waals surface area contributed by atoms with E-state index in [4.69, 9.17) is 14.2 Å². The Balaban J connectivity index is 0.000000152. The lowest BCUT2D eigenvalue weighted by atomic mass is 9.98. The molecule has 3 N–H and O–H groups in total. The summed E-state index contributed by atoms with van der Waals surface area (Å²) >= 11 is 0. The van der Waals surface area contributed by atoms with Gasteiger partial charge in [0.05, 0.1) is 61.9 Å². The predicted octanol–water partition coefficient (Wildman–Crippen LogP) is 8.71. The molecule has 9 rings (SSSR count). The molecule has 6 aromatic carbocycles. The number of nitrogens with zero attached hydrogens (tertiary/aromatic N) is 3. The number of rotatable bonds is 9. The highest BCUT2D eigenvalue weighted by Gasteiger charge is 2.30. The van der Waals surface area contributed by atoms with E-state index in [1.807, 2.05) is 60.4 Å². The molecular formula is C53H52F3N3O9. The molecule has 0 aromatic heterocycles. The Bertz CT molecular complexity index is 2680. The number of hydrogen-bond acceptors (Lipinski definition) is 12. The first-order chi connectivity index (χ1) is 32.8. The van der Waals surface area contributed by atoms with Crippen LogP contribution in [0.5, 0.6) is 17.2 Å². The molecule has 0 atom stereocenters. The van der Waals surface area contributed by atoms with E-state index in [-0.39, 0.29) is 39.9 Å². The molecule has 3 aliphatic rings. The summed E-state index contributed by atoms with van der Waals surface area (Å²) in [4.78, 5) is 43.7. The molecule has 3 fully saturated rings. The Morgan fingerprint density at radius 2 is 0.794 bits per heavy atom. The first-order valence-corrected chi connectivity index (χ1v) is 22.2. The largest absolute Gasteiger partial charge is 0.507 e. The molecule has 3 aliphatic heterocycles. The smallest absolute Gasteiger partial charge is 0.416 e. The van der Waals surface area contributed by atoms with E-state index in [0.29, 0.717) is 75.0 Å². The van der Waals surface area contributed by atoms with E-state index in [2.05, 4.69) is 9.80 Å². The van der Waals surface area contributed by atoms with Crippen LogP contribution in [0.4, 0.5) is 30.2 Å². The quantitative estimate of drug-likeness (QED) is 0.119. The summed E-state index contributed by atoms with van der Waals surface area (Å²) in [5.74, 6) is -0.996. The van der Waals surface area contributed by atoms with Crippen molar-refractivity contribution in [2.45, 2.75) is 13.1 Å². The number of phenolic OH excluding ortho intramolecular Hbond substituents is 3. The third kappa shape index (κ3) is 12.2. The van der Waals surface area contributed by atoms with Crippen LogP contribution in [0, 0.1) is 6.92 Å². The molecule has 0 amide bonds. The fraction of sp³-hybridized carbons (Fsp3) is 0.264. The Kier molecular flexibility index (Phi) is 16.1. The highest BCUT2D eigenvalue weighted by molar-refractivity contribution is 6.12. The second-order valence-electron chi connectivity index (χ2n) is 16.1. The highest BCUT2D eigenvalue weighted by Crippen LogP contribution is 2.32. The van der Waals surface area contributed by atoms with Gasteiger partial charge in [-0.25, -0.2) is 0 Å². The van der Waals surface area contributed by atoms with E-state index in [1.165, 1.54) is 12.1 Å². The molecular weight excluding hydrogens is 880 g/mol. The number of carbonyl (C=O) groups excluding carboxylic acids is 3. The number of hydrogen-bond donors (Lipinski definition) is 3. The van der Waals surface area contributed by atoms with Crippen LogP contribution in [-0.2, 0) is 20.4 Å². The van der Waals surface area contributed by atoms with E-state index >= 15 is 0 Å². The molecule has 6 aromatic rings. The van der Waals surface area contributed by atoms with E-state index in [0.717, 1.165) is 73.1 Å². The van der Waals surface area contributed by atoms with Gasteiger partial charge < -0.3 is 44.2 Å². The zero-order valence-electron chi connectivity index (χ0n) is 37.5. The lowest BCUT2D eigenvalue weighted by molar-refractivity contribution is -0.137. The number of anilines is 3. The summed E-state index contributed by atoms with van der Waals surface area (Å²) in [5.41, 5.74) is 4.69. The molecule has 0 bridgehead atoms. The SMILES string of the molecule is Cc1ccccc1C(=O)c1ccc(N2CCOCC2)cc1O.O=C(c1ccc(C(F)(F)F)cc1)c1ccc(N2CCOCC2)cc1O.O=C(c1ccccc1)c1ccc(N2CCOCC2)cc1O. The van der Waals surface area contributed by atoms with Gasteiger partial charge in [-0.2, -0.15) is 13.2 Å². The van der Waals surface area contributed by atoms with Crippen molar-refractivity contribution in [1.29, 1.82) is 0 Å². The van der Waals surface area contributed by atoms with Crippen molar-refractivity contribution >= 4 is 34.4 Å². The first-order valence-electron chi connectivity index (χ1n) is 22.2. The van der Waals surface area contributed by atoms with Gasteiger partial charge in [-0.1, -0.05) is 66.7 Å². The maximum absolute atomic E-state index is 12.6. The van der Waals surface area contributed by atoms with Gasteiger partial charge >= 0.3 is 6.18 Å². The standard InChI is InChI=1S/C18H16F3NO3.C18H19NO3.C17H17NO3/c19-18(20,21)13-3-1-12(2-4-13)17(24)15-6-5-14(11-16(15)23)22-7-9-25-10-8-22;1-13-4-2-3-5-15(13)18(21)16-7-6-14(12-17(16)20)19-8-10-22-11-9-19;19-16-12-14(18-8-10-21-11-9-18)6-7-15(16)17(20)13-4-2-1-3-5-13/h1-6,11,23H,7-10H2;2-7,12,20H,8-11H2,1H3;1-7,12,19H,8-11H2. The van der Waals surface area contributed by atoms with E-state index in [9.17, 15) is 42.9 Å². The monoisotopic (exact) mass is 931 g/mol. The second-order valence-corrected chi connectivity index (χ2v) is 16.1. The van der Waals surface area contributed by atoms with Gasteiger partial charge in [0.25, 0.3) is 0 Å². The van der Waals surface area contributed by atoms with Crippen LogP contribution in [-0.4, -0.2) is 112 Å². The number of aryl methyl sites for hydroxylation is 1. The number of benzene rings is 6. The van der Waals surface area contributed by atoms with Gasteiger partial charge in [-0.3, -0.25) is 14.4 Å². The van der Waals surface area contributed by atoms with Crippen molar-refractivity contribution in [3.8, 4) is 17.2 Å². The number of ketones is 3. The van der Waals surface area contributed by atoms with Crippen LogP contribution >= 0.6 is 0 Å². The normalized spacial score (nSPS) is 15.0. The molecule has 12 nitrogen and oxygen atoms in total. The summed E-state index contributed by atoms with van der Waals surface area (Å²) < 4.78 is 53.7. The summed E-state index contributed by atoms with van der Waals surface area (Å²) in [6.45, 7) is 10.4. The zero-order valence-corrected chi connectivity index (χ0v) is 37.5. The Labute approximate surface area is 392 Å². The average molecular weight is 932 g/mol. The predicted molar refractivity (Wildman–Crippen MR) is 253 cm³/mol. The summed E-state index contributed by atoms with van der Waals surface area (Å²) in [5, 5.41) is 30.6. The number of alkyl halides is 3. The van der Waals surface area contributed by atoms with E-state index < -0.39 is 17.5 Å². The molecule has 0 spiro atoms. The highest BCUT2D eigenvalue weighted by atomic mass is 19.4. The van der Waals surface area contributed by atoms with Gasteiger partial charge in [-0.15, -0.1) is 0 Å². The zero-order chi connectivity index (χ0) is 48.2. The molecule has 0 unspecified atom stereocenters. The van der Waals surface area contributed by atoms with E-state index in [1.54, 1.807) is 48.5 Å². The number of morpholine rings is 3. The molecule has 0 aliphatic carbocycles. The molecule has 15 heteroatoms. The molecule has 3 saturated heterocycles. The van der Waals surface area contributed by atoms with Crippen LogP contribution in [0.15, 0.2) is 133 Å². The van der Waals surface area contributed by atoms with Crippen LogP contribution in [0.25, 0.3) is 0 Å². The lowest BCUT2D eigenvalue weighted by Crippen LogP contribution is -2.36. The number of aromatic hydroxyl groups is 3. The molecule has 3 heterocycles. The minimum atomic E-state index is -4.45. The van der Waals surface area contributed by atoms with Gasteiger partial charge in [0.2, 0.25) is 0 Å². The van der Waals surface area contributed by atoms with Crippen molar-refractivity contribution in [2.24, 2.45) is 0 Å². The molecule has 0 radical (unpaired) electrons. The Morgan fingerprint density at radius 1 is 0.441 bits per heavy atom. The lowest BCUT2D eigenvalue weighted by Gasteiger charge is -2.29. The number of carbonyl (C=O) groups is 3. The maximum Gasteiger partial charge on any atom is 0.416 e. The maximum atomic E-state index is 12.6. The first kappa shape index (κ1) is 48.7. The van der Waals surface area contributed by atoms with Crippen molar-refractivity contribution in [2.75, 3.05) is 93.6 Å². The van der Waals surface area contributed by atoms with Crippen molar-refractivity contribution in [3.05, 3.63) is 178 Å². The fourth-order valence-electron chi connectivity index (χ4n) is 7.87. The van der Waals surface area contributed by atoms with Crippen LogP contribution in [0.2, 0.25) is 0 Å². The van der Waals surface area contributed by atoms with Gasteiger partial charge in [0.15, 0.2) is 17.3 Å². The molecule has 0 saturated carbocycles. The van der Waals surface area contributed by atoms with Gasteiger partial charge in [0, 0.05) is 91.2 Å². The minimum Gasteiger partial charge on any atom is -0.507 e. The van der Waals surface area contributed by atoms with Crippen molar-refractivity contribution in [3.63, 3.8) is 0 Å². The fourth-order valence-corrected chi connectivity index (χ4v) is 7.87. The van der Waals surface area contributed by atoms with Crippen molar-refractivity contribution in [1.82, 2.24) is 0 Å². The Morgan fingerprint density at radius 3 is 1.16 bits per heavy atom. The number of halogens is 3. The number of ether oxygens (including phenoxy) is 3. The summed E-state index contributed by atoms with van der Waals surface area (Å²) in [6.07, 6.45) is -4.45. The second kappa shape index (κ2) is 22.5. The van der Waals surface area contributed by atoms with Crippen LogP contribution in [0.3, 0.4) is 0 Å².